The Labute approximate surface area is 236 Å². The molecule has 3 rings (SSSR count). The van der Waals surface area contributed by atoms with Crippen LogP contribution in [0.2, 0.25) is 0 Å². The van der Waals surface area contributed by atoms with Crippen molar-refractivity contribution in [3.63, 3.8) is 0 Å². The number of pyridine rings is 2. The summed E-state index contributed by atoms with van der Waals surface area (Å²) in [6.45, 7) is 11.2. The summed E-state index contributed by atoms with van der Waals surface area (Å²) in [5, 5.41) is 11.3. The number of aromatic nitrogens is 3. The van der Waals surface area contributed by atoms with Gasteiger partial charge in [0.1, 0.15) is 16.9 Å². The van der Waals surface area contributed by atoms with Crippen molar-refractivity contribution in [2.45, 2.75) is 53.2 Å². The monoisotopic (exact) mass is 563 g/mol. The summed E-state index contributed by atoms with van der Waals surface area (Å²) in [6, 6.07) is 6.47. The maximum atomic E-state index is 13.4. The second kappa shape index (κ2) is 14.1. The Hall–Kier alpha value is -4.71. The number of hydrogen-bond acceptors (Lipinski definition) is 8. The number of hydrogen-bond donors (Lipinski definition) is 0. The molecular formula is C29H33N5O7. The maximum Gasteiger partial charge on any atom is 0.341 e. The van der Waals surface area contributed by atoms with E-state index in [4.69, 9.17) is 9.47 Å². The van der Waals surface area contributed by atoms with Crippen molar-refractivity contribution in [1.29, 1.82) is 0 Å². The first kappa shape index (κ1) is 30.8. The van der Waals surface area contributed by atoms with Crippen LogP contribution in [-0.4, -0.2) is 50.1 Å². The lowest BCUT2D eigenvalue weighted by Crippen LogP contribution is -2.33. The van der Waals surface area contributed by atoms with E-state index in [2.05, 4.69) is 16.6 Å². The fourth-order valence-electron chi connectivity index (χ4n) is 3.96. The molecule has 0 saturated carbocycles. The van der Waals surface area contributed by atoms with Crippen LogP contribution in [0, 0.1) is 10.1 Å². The number of allylic oxidation sites excluding steroid dienone is 3. The Morgan fingerprint density at radius 1 is 1.29 bits per heavy atom. The van der Waals surface area contributed by atoms with Crippen LogP contribution in [0.25, 0.3) is 16.7 Å². The van der Waals surface area contributed by atoms with E-state index in [1.165, 1.54) is 35.6 Å². The summed E-state index contributed by atoms with van der Waals surface area (Å²) in [7, 11) is 0. The van der Waals surface area contributed by atoms with E-state index in [1.807, 2.05) is 13.8 Å². The van der Waals surface area contributed by atoms with Crippen molar-refractivity contribution in [1.82, 2.24) is 14.0 Å². The molecule has 3 aromatic rings. The number of aryl methyl sites for hydroxylation is 1. The average molecular weight is 564 g/mol. The minimum atomic E-state index is -0.749. The van der Waals surface area contributed by atoms with Crippen LogP contribution in [0.5, 0.6) is 0 Å². The van der Waals surface area contributed by atoms with Gasteiger partial charge in [0, 0.05) is 37.4 Å². The number of nitrogens with zero attached hydrogens (tertiary/aromatic N) is 5. The molecule has 12 heteroatoms. The van der Waals surface area contributed by atoms with Crippen molar-refractivity contribution in [2.24, 2.45) is 4.99 Å². The van der Waals surface area contributed by atoms with Gasteiger partial charge in [0.15, 0.2) is 5.49 Å². The summed E-state index contributed by atoms with van der Waals surface area (Å²) in [4.78, 5) is 58.9. The van der Waals surface area contributed by atoms with Crippen molar-refractivity contribution in [3.05, 3.63) is 98.1 Å². The van der Waals surface area contributed by atoms with Gasteiger partial charge < -0.3 is 14.0 Å². The number of esters is 1. The number of nitro groups is 1. The van der Waals surface area contributed by atoms with Crippen molar-refractivity contribution in [2.75, 3.05) is 13.2 Å². The molecule has 0 unspecified atom stereocenters. The Kier molecular flexibility index (Phi) is 10.6. The van der Waals surface area contributed by atoms with Crippen molar-refractivity contribution >= 4 is 28.6 Å². The molecule has 0 fully saturated rings. The van der Waals surface area contributed by atoms with E-state index < -0.39 is 22.4 Å². The van der Waals surface area contributed by atoms with Crippen molar-refractivity contribution < 1.29 is 24.0 Å². The smallest absolute Gasteiger partial charge is 0.341 e. The van der Waals surface area contributed by atoms with Gasteiger partial charge in [-0.25, -0.2) is 9.78 Å². The second-order valence-electron chi connectivity index (χ2n) is 9.34. The molecule has 0 saturated heterocycles. The predicted molar refractivity (Wildman–Crippen MR) is 153 cm³/mol. The minimum absolute atomic E-state index is 0.00148. The minimum Gasteiger partial charge on any atom is -0.462 e. The first-order chi connectivity index (χ1) is 19.5. The Balaban J connectivity index is 2.21. The molecule has 0 aromatic carbocycles. The maximum absolute atomic E-state index is 13.4. The van der Waals surface area contributed by atoms with Crippen LogP contribution in [0.4, 0.5) is 0 Å². The van der Waals surface area contributed by atoms with Crippen LogP contribution < -0.4 is 11.0 Å². The second-order valence-corrected chi connectivity index (χ2v) is 9.34. The third-order valence-electron chi connectivity index (χ3n) is 5.81. The fraction of sp³-hybridized carbons (Fsp3) is 0.345. The fourth-order valence-corrected chi connectivity index (χ4v) is 3.96. The van der Waals surface area contributed by atoms with Crippen LogP contribution in [0.15, 0.2) is 76.3 Å². The highest BCUT2D eigenvalue weighted by Gasteiger charge is 2.20. The van der Waals surface area contributed by atoms with Gasteiger partial charge in [-0.05, 0) is 52.3 Å². The molecule has 3 heterocycles. The van der Waals surface area contributed by atoms with Crippen LogP contribution in [-0.2, 0) is 20.8 Å². The van der Waals surface area contributed by atoms with E-state index in [1.54, 1.807) is 35.9 Å². The molecule has 0 bridgehead atoms. The van der Waals surface area contributed by atoms with E-state index in [0.29, 0.717) is 18.7 Å². The molecule has 1 amide bonds. The summed E-state index contributed by atoms with van der Waals surface area (Å²) < 4.78 is 13.8. The first-order valence-electron chi connectivity index (χ1n) is 13.1. The van der Waals surface area contributed by atoms with E-state index in [9.17, 15) is 24.5 Å². The molecule has 0 radical (unpaired) electrons. The summed E-state index contributed by atoms with van der Waals surface area (Å²) in [6.07, 6.45) is 5.89. The normalized spacial score (nSPS) is 12.5. The molecule has 0 spiro atoms. The van der Waals surface area contributed by atoms with Gasteiger partial charge in [0.25, 0.3) is 17.2 Å². The van der Waals surface area contributed by atoms with Gasteiger partial charge in [-0.15, -0.1) is 0 Å². The van der Waals surface area contributed by atoms with Gasteiger partial charge >= 0.3 is 5.97 Å². The lowest BCUT2D eigenvalue weighted by atomic mass is 10.2. The Morgan fingerprint density at radius 3 is 2.71 bits per heavy atom. The molecule has 0 aliphatic carbocycles. The lowest BCUT2D eigenvalue weighted by molar-refractivity contribution is -0.420. The molecule has 12 nitrogen and oxygen atoms in total. The first-order valence-corrected chi connectivity index (χ1v) is 13.1. The zero-order valence-electron chi connectivity index (χ0n) is 23.5. The topological polar surface area (TPSA) is 147 Å². The standard InChI is InChI=1S/C29H33N5O7/c1-6-40-29(37)22-18-21-26(30-24-13-9-10-15-32(24)28(21)36)33(16-11-17-41-20(4)5)27(22)31-25(35)14-8-7-12-23(19(2)3)34(38)39/h7-10,12-13,15,18,20H,2,6,11,14,16-17H2,1,3-5H3/b8-7-,23-12+,31-27?. The number of ether oxygens (including phenoxy) is 2. The summed E-state index contributed by atoms with van der Waals surface area (Å²) in [5.41, 5.74) is 0.256. The van der Waals surface area contributed by atoms with Gasteiger partial charge in [0.05, 0.1) is 23.0 Å². The highest BCUT2D eigenvalue weighted by Crippen LogP contribution is 2.13. The largest absolute Gasteiger partial charge is 0.462 e. The van der Waals surface area contributed by atoms with Crippen molar-refractivity contribution in [3.8, 4) is 0 Å². The Bertz CT molecular complexity index is 1660. The van der Waals surface area contributed by atoms with Gasteiger partial charge in [0.2, 0.25) is 0 Å². The average Bonchev–Trinajstić information content (AvgIpc) is 2.91. The molecule has 0 atom stereocenters. The highest BCUT2D eigenvalue weighted by molar-refractivity contribution is 5.93. The molecule has 3 aromatic heterocycles. The zero-order chi connectivity index (χ0) is 30.1. The SMILES string of the molecule is C=C(C)/C(=C\C=C/CC(=O)N=c1c(C(=O)OCC)cc2c(=O)n3ccccc3nc2n1CCCOC(C)C)[N+](=O)[O-]. The zero-order valence-corrected chi connectivity index (χ0v) is 23.5. The number of amides is 1. The molecule has 0 aliphatic heterocycles. The van der Waals surface area contributed by atoms with Crippen LogP contribution in [0.1, 0.15) is 50.9 Å². The van der Waals surface area contributed by atoms with Gasteiger partial charge in [-0.3, -0.25) is 24.1 Å². The van der Waals surface area contributed by atoms with E-state index in [-0.39, 0.29) is 59.0 Å². The van der Waals surface area contributed by atoms with Gasteiger partial charge in [-0.1, -0.05) is 24.8 Å². The number of rotatable bonds is 12. The summed E-state index contributed by atoms with van der Waals surface area (Å²) in [5.74, 6) is -1.37. The predicted octanol–water partition coefficient (Wildman–Crippen LogP) is 3.75. The molecule has 41 heavy (non-hydrogen) atoms. The quantitative estimate of drug-likeness (QED) is 0.0808. The third kappa shape index (κ3) is 7.70. The van der Waals surface area contributed by atoms with Crippen LogP contribution in [0.3, 0.4) is 0 Å². The number of carbonyl (C=O) groups is 2. The lowest BCUT2D eigenvalue weighted by Gasteiger charge is -2.15. The van der Waals surface area contributed by atoms with E-state index >= 15 is 0 Å². The Morgan fingerprint density at radius 2 is 2.05 bits per heavy atom. The highest BCUT2D eigenvalue weighted by atomic mass is 16.6. The number of carbonyl (C=O) groups excluding carboxylic acids is 2. The molecule has 216 valence electrons. The molecule has 0 N–H and O–H groups in total. The molecular weight excluding hydrogens is 530 g/mol. The third-order valence-corrected chi connectivity index (χ3v) is 5.81. The van der Waals surface area contributed by atoms with E-state index in [0.717, 1.165) is 0 Å². The van der Waals surface area contributed by atoms with Crippen LogP contribution >= 0.6 is 0 Å². The molecule has 0 aliphatic rings. The van der Waals surface area contributed by atoms with Gasteiger partial charge in [-0.2, -0.15) is 4.99 Å². The summed E-state index contributed by atoms with van der Waals surface area (Å²) >= 11 is 0. The number of fused-ring (bicyclic) bond motifs is 2.